The third kappa shape index (κ3) is 4.93. The first-order chi connectivity index (χ1) is 16.7. The molecule has 178 valence electrons. The van der Waals surface area contributed by atoms with Crippen LogP contribution in [0.4, 0.5) is 0 Å². The molecule has 0 atom stereocenters. The molecule has 5 aromatic rings. The van der Waals surface area contributed by atoms with Crippen LogP contribution in [0.5, 0.6) is 5.75 Å². The van der Waals surface area contributed by atoms with Crippen LogP contribution in [-0.2, 0) is 19.5 Å². The Balaban J connectivity index is 0.00000289. The van der Waals surface area contributed by atoms with E-state index in [0.29, 0.717) is 18.7 Å². The maximum Gasteiger partial charge on any atom is 0.256 e. The van der Waals surface area contributed by atoms with Gasteiger partial charge in [-0.05, 0) is 30.3 Å². The number of methoxy groups -OCH3 is 1. The van der Waals surface area contributed by atoms with Crippen LogP contribution in [-0.4, -0.2) is 17.5 Å². The summed E-state index contributed by atoms with van der Waals surface area (Å²) >= 11 is 0. The van der Waals surface area contributed by atoms with Gasteiger partial charge >= 0.3 is 0 Å². The molecule has 0 radical (unpaired) electrons. The molecule has 0 aliphatic rings. The SMILES string of the molecule is CCc1n(CC(=O)c2ccc(OC)cc2)cc[n+]1Cc1c(-c2ccccc2)oc2ccccc12.[Br-]. The molecule has 0 N–H and O–H groups in total. The molecule has 0 bridgehead atoms. The molecule has 5 nitrogen and oxygen atoms in total. The topological polar surface area (TPSA) is 48.2 Å². The highest BCUT2D eigenvalue weighted by molar-refractivity contribution is 5.96. The second kappa shape index (κ2) is 10.7. The zero-order valence-corrected chi connectivity index (χ0v) is 21.4. The molecule has 5 rings (SSSR count). The Morgan fingerprint density at radius 1 is 0.971 bits per heavy atom. The molecule has 2 heterocycles. The van der Waals surface area contributed by atoms with E-state index in [1.165, 1.54) is 0 Å². The van der Waals surface area contributed by atoms with Crippen molar-refractivity contribution in [2.24, 2.45) is 0 Å². The molecule has 2 aromatic heterocycles. The number of hydrogen-bond donors (Lipinski definition) is 0. The first-order valence-corrected chi connectivity index (χ1v) is 11.5. The lowest BCUT2D eigenvalue weighted by Gasteiger charge is -2.06. The second-order valence-corrected chi connectivity index (χ2v) is 8.25. The number of imidazole rings is 1. The fraction of sp³-hybridized carbons (Fsp3) is 0.172. The number of benzene rings is 3. The highest BCUT2D eigenvalue weighted by Gasteiger charge is 2.23. The Kier molecular flexibility index (Phi) is 7.51. The molecule has 6 heteroatoms. The predicted octanol–water partition coefficient (Wildman–Crippen LogP) is 2.70. The number of para-hydroxylation sites is 1. The fourth-order valence-electron chi connectivity index (χ4n) is 4.46. The summed E-state index contributed by atoms with van der Waals surface area (Å²) in [5, 5.41) is 1.11. The van der Waals surface area contributed by atoms with Gasteiger partial charge in [-0.1, -0.05) is 55.5 Å². The van der Waals surface area contributed by atoms with E-state index in [-0.39, 0.29) is 22.8 Å². The number of nitrogens with zero attached hydrogens (tertiary/aromatic N) is 2. The molecular formula is C29H27BrN2O3. The fourth-order valence-corrected chi connectivity index (χ4v) is 4.46. The van der Waals surface area contributed by atoms with Crippen LogP contribution in [0.15, 0.2) is 95.7 Å². The maximum atomic E-state index is 12.9. The van der Waals surface area contributed by atoms with Crippen molar-refractivity contribution in [3.05, 3.63) is 108 Å². The van der Waals surface area contributed by atoms with Gasteiger partial charge in [0.15, 0.2) is 6.54 Å². The van der Waals surface area contributed by atoms with Gasteiger partial charge in [0, 0.05) is 28.5 Å². The van der Waals surface area contributed by atoms with Gasteiger partial charge in [0.25, 0.3) is 5.82 Å². The van der Waals surface area contributed by atoms with Gasteiger partial charge in [-0.2, -0.15) is 0 Å². The second-order valence-electron chi connectivity index (χ2n) is 8.25. The van der Waals surface area contributed by atoms with Crippen LogP contribution in [0.1, 0.15) is 28.7 Å². The average molecular weight is 531 g/mol. The Morgan fingerprint density at radius 3 is 2.40 bits per heavy atom. The zero-order chi connectivity index (χ0) is 23.5. The van der Waals surface area contributed by atoms with E-state index >= 15 is 0 Å². The van der Waals surface area contributed by atoms with Crippen molar-refractivity contribution in [3.8, 4) is 17.1 Å². The number of ketones is 1. The molecule has 0 aliphatic heterocycles. The molecule has 0 spiro atoms. The number of ether oxygens (including phenoxy) is 1. The van der Waals surface area contributed by atoms with E-state index in [2.05, 4.69) is 35.9 Å². The quantitative estimate of drug-likeness (QED) is 0.229. The van der Waals surface area contributed by atoms with Crippen LogP contribution in [0.3, 0.4) is 0 Å². The average Bonchev–Trinajstić information content (AvgIpc) is 3.45. The van der Waals surface area contributed by atoms with Gasteiger partial charge in [0.1, 0.15) is 36.0 Å². The molecule has 3 aromatic carbocycles. The summed E-state index contributed by atoms with van der Waals surface area (Å²) < 4.78 is 15.7. The van der Waals surface area contributed by atoms with E-state index in [1.54, 1.807) is 7.11 Å². The summed E-state index contributed by atoms with van der Waals surface area (Å²) in [4.78, 5) is 12.9. The number of fused-ring (bicyclic) bond motifs is 1. The van der Waals surface area contributed by atoms with E-state index < -0.39 is 0 Å². The maximum absolute atomic E-state index is 12.9. The number of carbonyl (C=O) groups is 1. The largest absolute Gasteiger partial charge is 1.00 e. The lowest BCUT2D eigenvalue weighted by molar-refractivity contribution is -0.695. The highest BCUT2D eigenvalue weighted by Crippen LogP contribution is 2.33. The summed E-state index contributed by atoms with van der Waals surface area (Å²) in [6.07, 6.45) is 4.85. The van der Waals surface area contributed by atoms with Crippen molar-refractivity contribution < 1.29 is 35.5 Å². The van der Waals surface area contributed by atoms with Gasteiger partial charge in [-0.15, -0.1) is 0 Å². The van der Waals surface area contributed by atoms with E-state index in [0.717, 1.165) is 45.9 Å². The standard InChI is InChI=1S/C29H27N2O3.BrH/c1-3-28-30(17-18-31(28)20-26(32)21-13-15-23(33-2)16-14-21)19-25-24-11-7-8-12-27(24)34-29(25)22-9-5-4-6-10-22;/h4-18H,3,19-20H2,1-2H3;1H/q+1;/p-1. The Bertz CT molecular complexity index is 1440. The lowest BCUT2D eigenvalue weighted by Crippen LogP contribution is -3.00. The number of furan rings is 1. The summed E-state index contributed by atoms with van der Waals surface area (Å²) in [6.45, 7) is 3.07. The summed E-state index contributed by atoms with van der Waals surface area (Å²) in [6, 6.07) is 25.6. The van der Waals surface area contributed by atoms with Crippen molar-refractivity contribution in [1.82, 2.24) is 4.57 Å². The Hall–Kier alpha value is -3.64. The number of rotatable bonds is 8. The van der Waals surface area contributed by atoms with Gasteiger partial charge in [0.2, 0.25) is 5.78 Å². The van der Waals surface area contributed by atoms with Crippen molar-refractivity contribution in [2.45, 2.75) is 26.4 Å². The molecule has 0 saturated heterocycles. The zero-order valence-electron chi connectivity index (χ0n) is 19.8. The van der Waals surface area contributed by atoms with E-state index in [1.807, 2.05) is 71.4 Å². The molecule has 0 aliphatic carbocycles. The predicted molar refractivity (Wildman–Crippen MR) is 132 cm³/mol. The third-order valence-corrected chi connectivity index (χ3v) is 6.19. The Labute approximate surface area is 215 Å². The van der Waals surface area contributed by atoms with Crippen LogP contribution >= 0.6 is 0 Å². The number of carbonyl (C=O) groups excluding carboxylic acids is 1. The molecule has 0 fully saturated rings. The minimum Gasteiger partial charge on any atom is -1.00 e. The summed E-state index contributed by atoms with van der Waals surface area (Å²) in [7, 11) is 1.62. The third-order valence-electron chi connectivity index (χ3n) is 6.19. The first-order valence-electron chi connectivity index (χ1n) is 11.5. The number of Topliss-reactive ketones (excluding diaryl/α,β-unsaturated/α-hetero) is 1. The Morgan fingerprint density at radius 2 is 1.69 bits per heavy atom. The van der Waals surface area contributed by atoms with Crippen LogP contribution in [0, 0.1) is 0 Å². The lowest BCUT2D eigenvalue weighted by atomic mass is 10.1. The summed E-state index contributed by atoms with van der Waals surface area (Å²) in [5.74, 6) is 2.79. The van der Waals surface area contributed by atoms with Gasteiger partial charge in [0.05, 0.1) is 7.11 Å². The highest BCUT2D eigenvalue weighted by atomic mass is 79.9. The van der Waals surface area contributed by atoms with Gasteiger partial charge in [-0.3, -0.25) is 4.79 Å². The number of hydrogen-bond acceptors (Lipinski definition) is 3. The monoisotopic (exact) mass is 530 g/mol. The molecule has 0 unspecified atom stereocenters. The van der Waals surface area contributed by atoms with E-state index in [4.69, 9.17) is 9.15 Å². The van der Waals surface area contributed by atoms with Crippen LogP contribution in [0.2, 0.25) is 0 Å². The normalized spacial score (nSPS) is 10.8. The van der Waals surface area contributed by atoms with Crippen molar-refractivity contribution >= 4 is 16.8 Å². The van der Waals surface area contributed by atoms with Crippen LogP contribution < -0.4 is 26.3 Å². The van der Waals surface area contributed by atoms with Gasteiger partial charge < -0.3 is 26.1 Å². The van der Waals surface area contributed by atoms with Crippen LogP contribution in [0.25, 0.3) is 22.3 Å². The molecule has 0 amide bonds. The minimum absolute atomic E-state index is 0. The molecular weight excluding hydrogens is 504 g/mol. The van der Waals surface area contributed by atoms with Crippen molar-refractivity contribution in [2.75, 3.05) is 7.11 Å². The molecule has 35 heavy (non-hydrogen) atoms. The summed E-state index contributed by atoms with van der Waals surface area (Å²) in [5.41, 5.74) is 3.75. The van der Waals surface area contributed by atoms with E-state index in [9.17, 15) is 4.79 Å². The smallest absolute Gasteiger partial charge is 0.256 e. The molecule has 0 saturated carbocycles. The number of aromatic nitrogens is 2. The van der Waals surface area contributed by atoms with Gasteiger partial charge in [-0.25, -0.2) is 9.13 Å². The first kappa shape index (κ1) is 24.5. The van der Waals surface area contributed by atoms with Crippen molar-refractivity contribution in [1.29, 1.82) is 0 Å². The number of halogens is 1. The minimum atomic E-state index is 0. The van der Waals surface area contributed by atoms with Crippen molar-refractivity contribution in [3.63, 3.8) is 0 Å².